The molecule has 168 valence electrons. The van der Waals surface area contributed by atoms with Crippen molar-refractivity contribution in [2.45, 2.75) is 90.7 Å². The second-order valence-corrected chi connectivity index (χ2v) is 10.6. The molecule has 5 heteroatoms. The first-order chi connectivity index (χ1) is 13.6. The van der Waals surface area contributed by atoms with E-state index in [1.165, 1.54) is 19.3 Å². The fourth-order valence-electron chi connectivity index (χ4n) is 4.30. The number of ether oxygens (including phenoxy) is 2. The molecule has 3 atom stereocenters. The van der Waals surface area contributed by atoms with Gasteiger partial charge in [-0.15, -0.1) is 0 Å². The van der Waals surface area contributed by atoms with E-state index in [0.29, 0.717) is 25.0 Å². The lowest BCUT2D eigenvalue weighted by molar-refractivity contribution is -0.0300. The lowest BCUT2D eigenvalue weighted by atomic mass is 9.93. The molecule has 0 aromatic rings. The number of hydrogen-bond donors (Lipinski definition) is 2. The summed E-state index contributed by atoms with van der Waals surface area (Å²) in [6.45, 7) is 12.7. The number of hydrogen-bond acceptors (Lipinski definition) is 4. The predicted octanol–water partition coefficient (Wildman–Crippen LogP) is 5.06. The maximum atomic E-state index is 12.5. The molecule has 1 fully saturated rings. The van der Waals surface area contributed by atoms with Gasteiger partial charge in [0.05, 0.1) is 12.2 Å². The average Bonchev–Trinajstić information content (AvgIpc) is 3.31. The van der Waals surface area contributed by atoms with Crippen molar-refractivity contribution in [3.05, 3.63) is 12.2 Å². The van der Waals surface area contributed by atoms with Crippen LogP contribution in [-0.2, 0) is 9.47 Å². The van der Waals surface area contributed by atoms with Crippen LogP contribution in [0.2, 0.25) is 0 Å². The molecule has 2 N–H and O–H groups in total. The quantitative estimate of drug-likeness (QED) is 0.496. The van der Waals surface area contributed by atoms with Crippen molar-refractivity contribution < 1.29 is 14.3 Å². The molecule has 0 bridgehead atoms. The molecule has 0 heterocycles. The van der Waals surface area contributed by atoms with Gasteiger partial charge in [-0.1, -0.05) is 19.1 Å². The molecular weight excluding hydrogens is 364 g/mol. The number of nitrogens with one attached hydrogen (secondary N) is 2. The minimum Gasteiger partial charge on any atom is -0.449 e. The molecule has 0 aromatic carbocycles. The molecule has 5 nitrogen and oxygen atoms in total. The number of carbonyl (C=O) groups is 1. The SMILES string of the molecule is CNCCC(C)(C)OCCC(C)(C)NC(=O)OCC12CCC(C)/C=C\CCC1C2. The number of allylic oxidation sites excluding steroid dienone is 2. The van der Waals surface area contributed by atoms with Crippen LogP contribution in [0, 0.1) is 17.3 Å². The fourth-order valence-corrected chi connectivity index (χ4v) is 4.30. The maximum Gasteiger partial charge on any atom is 0.407 e. The maximum absolute atomic E-state index is 12.5. The van der Waals surface area contributed by atoms with Crippen LogP contribution in [0.25, 0.3) is 0 Å². The van der Waals surface area contributed by atoms with Gasteiger partial charge in [-0.2, -0.15) is 0 Å². The Morgan fingerprint density at radius 2 is 1.97 bits per heavy atom. The largest absolute Gasteiger partial charge is 0.449 e. The summed E-state index contributed by atoms with van der Waals surface area (Å²) in [7, 11) is 1.95. The van der Waals surface area contributed by atoms with E-state index < -0.39 is 0 Å². The average molecular weight is 409 g/mol. The van der Waals surface area contributed by atoms with E-state index in [0.717, 1.165) is 32.2 Å². The minimum atomic E-state index is -0.354. The van der Waals surface area contributed by atoms with Gasteiger partial charge in [-0.25, -0.2) is 4.79 Å². The summed E-state index contributed by atoms with van der Waals surface area (Å²) in [5, 5.41) is 6.20. The zero-order valence-corrected chi connectivity index (χ0v) is 19.6. The van der Waals surface area contributed by atoms with E-state index >= 15 is 0 Å². The van der Waals surface area contributed by atoms with E-state index in [1.807, 2.05) is 20.9 Å². The molecule has 3 unspecified atom stereocenters. The molecule has 2 aliphatic carbocycles. The van der Waals surface area contributed by atoms with Crippen molar-refractivity contribution in [3.8, 4) is 0 Å². The van der Waals surface area contributed by atoms with Gasteiger partial charge in [-0.3, -0.25) is 0 Å². The highest BCUT2D eigenvalue weighted by Gasteiger charge is 2.53. The molecule has 0 radical (unpaired) electrons. The van der Waals surface area contributed by atoms with Crippen molar-refractivity contribution in [2.24, 2.45) is 17.3 Å². The summed E-state index contributed by atoms with van der Waals surface area (Å²) >= 11 is 0. The summed E-state index contributed by atoms with van der Waals surface area (Å²) in [6.07, 6.45) is 12.0. The molecule has 2 rings (SSSR count). The Morgan fingerprint density at radius 1 is 1.21 bits per heavy atom. The third-order valence-electron chi connectivity index (χ3n) is 6.73. The zero-order valence-electron chi connectivity index (χ0n) is 19.6. The van der Waals surface area contributed by atoms with Crippen LogP contribution in [0.5, 0.6) is 0 Å². The highest BCUT2D eigenvalue weighted by molar-refractivity contribution is 5.68. The van der Waals surface area contributed by atoms with Gasteiger partial charge in [0.1, 0.15) is 0 Å². The molecule has 0 aliphatic heterocycles. The van der Waals surface area contributed by atoms with Crippen LogP contribution in [0.15, 0.2) is 12.2 Å². The van der Waals surface area contributed by atoms with Crippen molar-refractivity contribution in [3.63, 3.8) is 0 Å². The van der Waals surface area contributed by atoms with E-state index in [4.69, 9.17) is 9.47 Å². The Hall–Kier alpha value is -1.07. The Bertz CT molecular complexity index is 558. The normalized spacial score (nSPS) is 28.5. The number of carbonyl (C=O) groups excluding carboxylic acids is 1. The Balaban J connectivity index is 1.72. The van der Waals surface area contributed by atoms with Crippen molar-refractivity contribution in [1.82, 2.24) is 10.6 Å². The first-order valence-corrected chi connectivity index (χ1v) is 11.5. The summed E-state index contributed by atoms with van der Waals surface area (Å²) in [4.78, 5) is 12.5. The number of alkyl carbamates (subject to hydrolysis) is 1. The summed E-state index contributed by atoms with van der Waals surface area (Å²) in [5.74, 6) is 1.34. The molecule has 0 spiro atoms. The van der Waals surface area contributed by atoms with Crippen LogP contribution in [0.4, 0.5) is 4.79 Å². The van der Waals surface area contributed by atoms with E-state index in [9.17, 15) is 4.79 Å². The molecule has 29 heavy (non-hydrogen) atoms. The molecule has 1 saturated carbocycles. The minimum absolute atomic E-state index is 0.164. The van der Waals surface area contributed by atoms with Gasteiger partial charge in [-0.05, 0) is 98.1 Å². The van der Waals surface area contributed by atoms with Crippen LogP contribution in [0.3, 0.4) is 0 Å². The number of fused-ring (bicyclic) bond motifs is 1. The Labute approximate surface area is 178 Å². The first-order valence-electron chi connectivity index (χ1n) is 11.5. The number of amides is 1. The standard InChI is InChI=1S/C24H44N2O3/c1-19-9-7-8-10-20-17-24(20,12-11-19)18-28-21(27)26-22(2,3)14-16-29-23(4,5)13-15-25-6/h7,9,19-20,25H,8,10-18H2,1-6H3,(H,26,27)/b9-7-. The fraction of sp³-hybridized carbons (Fsp3) is 0.875. The second-order valence-electron chi connectivity index (χ2n) is 10.6. The van der Waals surface area contributed by atoms with Crippen LogP contribution < -0.4 is 10.6 Å². The Morgan fingerprint density at radius 3 is 2.69 bits per heavy atom. The van der Waals surface area contributed by atoms with Gasteiger partial charge in [0.15, 0.2) is 0 Å². The lowest BCUT2D eigenvalue weighted by Crippen LogP contribution is -2.45. The van der Waals surface area contributed by atoms with Crippen molar-refractivity contribution in [1.29, 1.82) is 0 Å². The lowest BCUT2D eigenvalue weighted by Gasteiger charge is -2.30. The van der Waals surface area contributed by atoms with Gasteiger partial charge in [0.2, 0.25) is 0 Å². The highest BCUT2D eigenvalue weighted by atomic mass is 16.5. The van der Waals surface area contributed by atoms with Crippen LogP contribution in [0.1, 0.15) is 79.6 Å². The van der Waals surface area contributed by atoms with E-state index in [-0.39, 0.29) is 22.6 Å². The van der Waals surface area contributed by atoms with Gasteiger partial charge < -0.3 is 20.1 Å². The van der Waals surface area contributed by atoms with Gasteiger partial charge >= 0.3 is 6.09 Å². The number of rotatable bonds is 10. The van der Waals surface area contributed by atoms with Crippen LogP contribution in [-0.4, -0.2) is 44.0 Å². The molecule has 0 aromatic heterocycles. The predicted molar refractivity (Wildman–Crippen MR) is 119 cm³/mol. The third-order valence-corrected chi connectivity index (χ3v) is 6.73. The second kappa shape index (κ2) is 10.3. The molecule has 0 saturated heterocycles. The summed E-state index contributed by atoms with van der Waals surface area (Å²) < 4.78 is 11.8. The topological polar surface area (TPSA) is 59.6 Å². The van der Waals surface area contributed by atoms with E-state index in [1.54, 1.807) is 0 Å². The van der Waals surface area contributed by atoms with Crippen LogP contribution >= 0.6 is 0 Å². The molecule has 2 aliphatic rings. The highest BCUT2D eigenvalue weighted by Crippen LogP contribution is 2.59. The third kappa shape index (κ3) is 8.29. The Kier molecular flexibility index (Phi) is 8.59. The summed E-state index contributed by atoms with van der Waals surface area (Å²) in [6, 6.07) is 0. The van der Waals surface area contributed by atoms with Gasteiger partial charge in [0.25, 0.3) is 0 Å². The van der Waals surface area contributed by atoms with Gasteiger partial charge in [0, 0.05) is 17.6 Å². The van der Waals surface area contributed by atoms with Crippen molar-refractivity contribution in [2.75, 3.05) is 26.8 Å². The monoisotopic (exact) mass is 408 g/mol. The first kappa shape index (κ1) is 24.2. The molecular formula is C24H44N2O3. The summed E-state index contributed by atoms with van der Waals surface area (Å²) in [5.41, 5.74) is -0.293. The van der Waals surface area contributed by atoms with E-state index in [2.05, 4.69) is 43.6 Å². The smallest absolute Gasteiger partial charge is 0.407 e. The van der Waals surface area contributed by atoms with Crippen molar-refractivity contribution >= 4 is 6.09 Å². The molecule has 1 amide bonds. The zero-order chi connectivity index (χ0) is 21.5.